The first-order valence-corrected chi connectivity index (χ1v) is 8.15. The summed E-state index contributed by atoms with van der Waals surface area (Å²) in [5.74, 6) is 0.376. The van der Waals surface area contributed by atoms with Crippen molar-refractivity contribution in [1.82, 2.24) is 0 Å². The van der Waals surface area contributed by atoms with E-state index in [-0.39, 0.29) is 21.2 Å². The Bertz CT molecular complexity index is 586. The molecule has 0 aliphatic carbocycles. The Morgan fingerprint density at radius 3 is 1.57 bits per heavy atom. The lowest BCUT2D eigenvalue weighted by Crippen LogP contribution is -2.37. The zero-order valence-corrected chi connectivity index (χ0v) is 14.2. The standard InChI is InChI=1S/C14H10Cl2O3.CH3Br/c15-11-7-3-1-5-9(11)14(19,13(17)18)10-6-2-4-8-12(10)16;1-2/h1-8,19H,(H,17,18);1H3. The smallest absolute Gasteiger partial charge is 0.345 e. The van der Waals surface area contributed by atoms with Crippen molar-refractivity contribution in [2.45, 2.75) is 5.60 Å². The number of aliphatic hydroxyl groups is 1. The van der Waals surface area contributed by atoms with Gasteiger partial charge in [0.2, 0.25) is 5.60 Å². The minimum atomic E-state index is -2.28. The van der Waals surface area contributed by atoms with Crippen LogP contribution < -0.4 is 0 Å². The summed E-state index contributed by atoms with van der Waals surface area (Å²) >= 11 is 14.9. The van der Waals surface area contributed by atoms with Crippen molar-refractivity contribution in [3.05, 3.63) is 69.7 Å². The molecule has 0 aromatic heterocycles. The average Bonchev–Trinajstić information content (AvgIpc) is 2.49. The molecule has 0 saturated carbocycles. The van der Waals surface area contributed by atoms with Gasteiger partial charge < -0.3 is 10.2 Å². The number of aliphatic carboxylic acids is 1. The van der Waals surface area contributed by atoms with Crippen LogP contribution >= 0.6 is 39.1 Å². The van der Waals surface area contributed by atoms with Crippen molar-refractivity contribution in [2.75, 3.05) is 5.83 Å². The molecule has 0 aliphatic heterocycles. The average molecular weight is 392 g/mol. The SMILES string of the molecule is CBr.O=C(O)C(O)(c1ccccc1Cl)c1ccccc1Cl. The van der Waals surface area contributed by atoms with Gasteiger partial charge in [-0.3, -0.25) is 0 Å². The predicted molar refractivity (Wildman–Crippen MR) is 88.4 cm³/mol. The summed E-state index contributed by atoms with van der Waals surface area (Å²) in [4.78, 5) is 11.6. The maximum Gasteiger partial charge on any atom is 0.345 e. The Kier molecular flexibility index (Phi) is 6.68. The van der Waals surface area contributed by atoms with Gasteiger partial charge in [0.05, 0.1) is 0 Å². The lowest BCUT2D eigenvalue weighted by Gasteiger charge is -2.26. The second kappa shape index (κ2) is 7.80. The van der Waals surface area contributed by atoms with Crippen molar-refractivity contribution in [3.8, 4) is 0 Å². The van der Waals surface area contributed by atoms with Crippen molar-refractivity contribution in [3.63, 3.8) is 0 Å². The Balaban J connectivity index is 0.00000106. The molecule has 2 N–H and O–H groups in total. The lowest BCUT2D eigenvalue weighted by molar-refractivity contribution is -0.155. The molecular formula is C15H13BrCl2O3. The Hall–Kier alpha value is -1.07. The van der Waals surface area contributed by atoms with Crippen LogP contribution in [0.1, 0.15) is 11.1 Å². The first kappa shape index (κ1) is 18.0. The molecule has 0 unspecified atom stereocenters. The molecule has 0 saturated heterocycles. The van der Waals surface area contributed by atoms with Crippen LogP contribution in [0.4, 0.5) is 0 Å². The van der Waals surface area contributed by atoms with Crippen molar-refractivity contribution in [2.24, 2.45) is 0 Å². The van der Waals surface area contributed by atoms with Crippen LogP contribution in [-0.2, 0) is 10.4 Å². The molecule has 0 aliphatic rings. The number of carboxylic acids is 1. The number of rotatable bonds is 3. The second-order valence-corrected chi connectivity index (χ2v) is 4.79. The maximum atomic E-state index is 11.6. The first-order chi connectivity index (χ1) is 9.98. The van der Waals surface area contributed by atoms with Gasteiger partial charge in [0.25, 0.3) is 0 Å². The van der Waals surface area contributed by atoms with E-state index < -0.39 is 11.6 Å². The van der Waals surface area contributed by atoms with Gasteiger partial charge in [0.1, 0.15) is 0 Å². The van der Waals surface area contributed by atoms with Crippen molar-refractivity contribution >= 4 is 45.1 Å². The molecule has 0 spiro atoms. The largest absolute Gasteiger partial charge is 0.479 e. The van der Waals surface area contributed by atoms with Crippen LogP contribution in [0, 0.1) is 0 Å². The molecule has 0 heterocycles. The van der Waals surface area contributed by atoms with Gasteiger partial charge in [0.15, 0.2) is 0 Å². The highest BCUT2D eigenvalue weighted by Crippen LogP contribution is 2.37. The molecule has 3 nitrogen and oxygen atoms in total. The molecule has 0 fully saturated rings. The van der Waals surface area contributed by atoms with E-state index in [1.165, 1.54) is 24.3 Å². The molecule has 2 rings (SSSR count). The van der Waals surface area contributed by atoms with E-state index in [1.807, 2.05) is 5.83 Å². The number of benzene rings is 2. The zero-order valence-electron chi connectivity index (χ0n) is 11.1. The van der Waals surface area contributed by atoms with Crippen molar-refractivity contribution in [1.29, 1.82) is 0 Å². The summed E-state index contributed by atoms with van der Waals surface area (Å²) in [6.07, 6.45) is 0. The minimum Gasteiger partial charge on any atom is -0.479 e. The summed E-state index contributed by atoms with van der Waals surface area (Å²) in [6.45, 7) is 0. The molecule has 21 heavy (non-hydrogen) atoms. The third-order valence-corrected chi connectivity index (χ3v) is 3.50. The van der Waals surface area contributed by atoms with E-state index >= 15 is 0 Å². The topological polar surface area (TPSA) is 57.5 Å². The summed E-state index contributed by atoms with van der Waals surface area (Å²) in [5, 5.41) is 20.4. The van der Waals surface area contributed by atoms with Crippen LogP contribution in [0.3, 0.4) is 0 Å². The lowest BCUT2D eigenvalue weighted by atomic mass is 9.86. The van der Waals surface area contributed by atoms with Gasteiger partial charge >= 0.3 is 5.97 Å². The van der Waals surface area contributed by atoms with E-state index in [0.29, 0.717) is 0 Å². The fourth-order valence-corrected chi connectivity index (χ4v) is 2.43. The van der Waals surface area contributed by atoms with Crippen LogP contribution in [0.15, 0.2) is 48.5 Å². The normalized spacial score (nSPS) is 10.5. The molecule has 0 atom stereocenters. The monoisotopic (exact) mass is 390 g/mol. The zero-order chi connectivity index (χ0) is 16.0. The predicted octanol–water partition coefficient (Wildman–Crippen LogP) is 4.33. The van der Waals surface area contributed by atoms with Gasteiger partial charge in [-0.1, -0.05) is 75.5 Å². The summed E-state index contributed by atoms with van der Waals surface area (Å²) in [7, 11) is 0. The fourth-order valence-electron chi connectivity index (χ4n) is 1.88. The molecule has 112 valence electrons. The highest BCUT2D eigenvalue weighted by Gasteiger charge is 2.43. The van der Waals surface area contributed by atoms with Gasteiger partial charge in [-0.25, -0.2) is 4.79 Å². The number of halogens is 3. The third kappa shape index (κ3) is 3.58. The van der Waals surface area contributed by atoms with Crippen LogP contribution in [-0.4, -0.2) is 22.0 Å². The van der Waals surface area contributed by atoms with Gasteiger partial charge in [-0.05, 0) is 18.0 Å². The Morgan fingerprint density at radius 1 is 0.952 bits per heavy atom. The van der Waals surface area contributed by atoms with E-state index in [9.17, 15) is 15.0 Å². The van der Waals surface area contributed by atoms with Crippen LogP contribution in [0.2, 0.25) is 10.0 Å². The van der Waals surface area contributed by atoms with E-state index in [1.54, 1.807) is 24.3 Å². The minimum absolute atomic E-state index is 0.0808. The Labute approximate surface area is 141 Å². The number of carbonyl (C=O) groups is 1. The van der Waals surface area contributed by atoms with Crippen molar-refractivity contribution < 1.29 is 15.0 Å². The quantitative estimate of drug-likeness (QED) is 0.765. The number of carboxylic acid groups (broad SMARTS) is 1. The number of hydrogen-bond donors (Lipinski definition) is 2. The molecular weight excluding hydrogens is 379 g/mol. The summed E-state index contributed by atoms with van der Waals surface area (Å²) < 4.78 is 0. The molecule has 2 aromatic carbocycles. The van der Waals surface area contributed by atoms with Crippen LogP contribution in [0.25, 0.3) is 0 Å². The van der Waals surface area contributed by atoms with Gasteiger partial charge in [0, 0.05) is 21.2 Å². The van der Waals surface area contributed by atoms with E-state index in [4.69, 9.17) is 23.2 Å². The molecule has 6 heteroatoms. The van der Waals surface area contributed by atoms with Crippen LogP contribution in [0.5, 0.6) is 0 Å². The molecule has 0 amide bonds. The van der Waals surface area contributed by atoms with E-state index in [0.717, 1.165) is 0 Å². The molecule has 2 aromatic rings. The Morgan fingerprint density at radius 2 is 1.29 bits per heavy atom. The summed E-state index contributed by atoms with van der Waals surface area (Å²) in [6, 6.07) is 12.5. The molecule has 0 radical (unpaired) electrons. The number of alkyl halides is 1. The molecule has 0 bridgehead atoms. The first-order valence-electron chi connectivity index (χ1n) is 5.81. The third-order valence-electron chi connectivity index (χ3n) is 2.84. The maximum absolute atomic E-state index is 11.6. The second-order valence-electron chi connectivity index (χ2n) is 3.98. The highest BCUT2D eigenvalue weighted by atomic mass is 79.9. The van der Waals surface area contributed by atoms with Gasteiger partial charge in [-0.15, -0.1) is 0 Å². The van der Waals surface area contributed by atoms with Gasteiger partial charge in [-0.2, -0.15) is 0 Å². The summed E-state index contributed by atoms with van der Waals surface area (Å²) in [5.41, 5.74) is -2.12. The fraction of sp³-hybridized carbons (Fsp3) is 0.133. The van der Waals surface area contributed by atoms with E-state index in [2.05, 4.69) is 15.9 Å². The highest BCUT2D eigenvalue weighted by molar-refractivity contribution is 9.08. The number of hydrogen-bond acceptors (Lipinski definition) is 2.